The minimum absolute atomic E-state index is 0.141. The van der Waals surface area contributed by atoms with E-state index >= 15 is 0 Å². The van der Waals surface area contributed by atoms with E-state index in [0.717, 1.165) is 12.1 Å². The van der Waals surface area contributed by atoms with Gasteiger partial charge >= 0.3 is 0 Å². The highest BCUT2D eigenvalue weighted by atomic mass is 127. The number of aromatic nitrogens is 1. The topological polar surface area (TPSA) is 50.9 Å². The number of nitrogens with one attached hydrogen (secondary N) is 1. The molecule has 1 aromatic heterocycles. The molecule has 2 rings (SSSR count). The van der Waals surface area contributed by atoms with Crippen LogP contribution in [-0.4, -0.2) is 4.98 Å². The first kappa shape index (κ1) is 12.9. The van der Waals surface area contributed by atoms with Crippen LogP contribution in [0.5, 0.6) is 0 Å². The van der Waals surface area contributed by atoms with Crippen LogP contribution >= 0.6 is 33.9 Å². The van der Waals surface area contributed by atoms with Gasteiger partial charge in [-0.1, -0.05) is 12.1 Å². The van der Waals surface area contributed by atoms with Crippen molar-refractivity contribution in [2.24, 2.45) is 5.84 Å². The van der Waals surface area contributed by atoms with Gasteiger partial charge in [0.1, 0.15) is 0 Å². The molecule has 17 heavy (non-hydrogen) atoms. The molecule has 1 unspecified atom stereocenters. The molecule has 0 amide bonds. The molecule has 5 heteroatoms. The molecule has 0 radical (unpaired) electrons. The molecule has 1 aromatic carbocycles. The molecule has 0 bridgehead atoms. The van der Waals surface area contributed by atoms with Crippen LogP contribution in [0, 0.1) is 10.5 Å². The fourth-order valence-electron chi connectivity index (χ4n) is 1.73. The van der Waals surface area contributed by atoms with Crippen molar-refractivity contribution in [1.82, 2.24) is 10.4 Å². The Labute approximate surface area is 119 Å². The standard InChI is InChI=1S/C12H14IN3S/c1-8-12(17-7-15-8)11(16-14)6-9-2-4-10(13)5-3-9/h2-5,7,11,16H,6,14H2,1H3. The zero-order valence-corrected chi connectivity index (χ0v) is 12.5. The average Bonchev–Trinajstić information content (AvgIpc) is 2.75. The van der Waals surface area contributed by atoms with Crippen LogP contribution in [0.1, 0.15) is 22.2 Å². The maximum atomic E-state index is 5.64. The molecule has 0 aliphatic carbocycles. The summed E-state index contributed by atoms with van der Waals surface area (Å²) in [5, 5.41) is 0. The Morgan fingerprint density at radius 2 is 2.12 bits per heavy atom. The van der Waals surface area contributed by atoms with E-state index in [-0.39, 0.29) is 6.04 Å². The lowest BCUT2D eigenvalue weighted by Crippen LogP contribution is -2.29. The van der Waals surface area contributed by atoms with E-state index in [1.54, 1.807) is 11.3 Å². The Bertz CT molecular complexity index is 481. The van der Waals surface area contributed by atoms with Gasteiger partial charge in [-0.05, 0) is 53.6 Å². The normalized spacial score (nSPS) is 12.6. The highest BCUT2D eigenvalue weighted by molar-refractivity contribution is 14.1. The summed E-state index contributed by atoms with van der Waals surface area (Å²) in [6, 6.07) is 8.65. The van der Waals surface area contributed by atoms with Crippen molar-refractivity contribution < 1.29 is 0 Å². The molecule has 1 heterocycles. The molecule has 0 saturated heterocycles. The van der Waals surface area contributed by atoms with E-state index in [9.17, 15) is 0 Å². The molecule has 0 spiro atoms. The molecule has 0 aliphatic rings. The van der Waals surface area contributed by atoms with Gasteiger partial charge in [0.15, 0.2) is 0 Å². The van der Waals surface area contributed by atoms with Crippen molar-refractivity contribution in [1.29, 1.82) is 0 Å². The number of hydrogen-bond acceptors (Lipinski definition) is 4. The van der Waals surface area contributed by atoms with E-state index in [1.807, 2.05) is 12.4 Å². The number of thiazole rings is 1. The van der Waals surface area contributed by atoms with Gasteiger partial charge in [0.25, 0.3) is 0 Å². The van der Waals surface area contributed by atoms with E-state index < -0.39 is 0 Å². The second-order valence-electron chi connectivity index (χ2n) is 3.85. The molecule has 3 nitrogen and oxygen atoms in total. The third kappa shape index (κ3) is 3.25. The Morgan fingerprint density at radius 3 is 2.65 bits per heavy atom. The maximum Gasteiger partial charge on any atom is 0.0798 e. The second kappa shape index (κ2) is 5.90. The van der Waals surface area contributed by atoms with Crippen molar-refractivity contribution in [2.75, 3.05) is 0 Å². The Hall–Kier alpha value is -0.500. The predicted molar refractivity (Wildman–Crippen MR) is 79.8 cm³/mol. The summed E-state index contributed by atoms with van der Waals surface area (Å²) in [6.07, 6.45) is 0.885. The number of hydrazine groups is 1. The Kier molecular flexibility index (Phi) is 4.49. The summed E-state index contributed by atoms with van der Waals surface area (Å²) >= 11 is 3.96. The summed E-state index contributed by atoms with van der Waals surface area (Å²) in [7, 11) is 0. The minimum Gasteiger partial charge on any atom is -0.271 e. The first-order chi connectivity index (χ1) is 8.20. The van der Waals surface area contributed by atoms with E-state index in [1.165, 1.54) is 14.0 Å². The van der Waals surface area contributed by atoms with Gasteiger partial charge in [0, 0.05) is 8.45 Å². The lowest BCUT2D eigenvalue weighted by atomic mass is 10.0. The maximum absolute atomic E-state index is 5.64. The van der Waals surface area contributed by atoms with Crippen LogP contribution in [0.4, 0.5) is 0 Å². The molecule has 0 saturated carbocycles. The van der Waals surface area contributed by atoms with E-state index in [2.05, 4.69) is 57.3 Å². The molecular formula is C12H14IN3S. The molecule has 90 valence electrons. The van der Waals surface area contributed by atoms with Crippen LogP contribution in [0.2, 0.25) is 0 Å². The molecule has 1 atom stereocenters. The average molecular weight is 359 g/mol. The number of aryl methyl sites for hydroxylation is 1. The molecule has 0 fully saturated rings. The molecule has 3 N–H and O–H groups in total. The van der Waals surface area contributed by atoms with E-state index in [4.69, 9.17) is 5.84 Å². The predicted octanol–water partition coefficient (Wildman–Crippen LogP) is 2.80. The van der Waals surface area contributed by atoms with Crippen molar-refractivity contribution in [2.45, 2.75) is 19.4 Å². The third-order valence-corrected chi connectivity index (χ3v) is 4.42. The molecule has 2 aromatic rings. The summed E-state index contributed by atoms with van der Waals surface area (Å²) in [4.78, 5) is 5.48. The highest BCUT2D eigenvalue weighted by Crippen LogP contribution is 2.24. The van der Waals surface area contributed by atoms with Crippen molar-refractivity contribution in [3.8, 4) is 0 Å². The summed E-state index contributed by atoms with van der Waals surface area (Å²) < 4.78 is 1.25. The van der Waals surface area contributed by atoms with Crippen LogP contribution in [0.15, 0.2) is 29.8 Å². The SMILES string of the molecule is Cc1ncsc1C(Cc1ccc(I)cc1)NN. The quantitative estimate of drug-likeness (QED) is 0.502. The summed E-state index contributed by atoms with van der Waals surface area (Å²) in [5.74, 6) is 5.64. The highest BCUT2D eigenvalue weighted by Gasteiger charge is 2.15. The molecular weight excluding hydrogens is 345 g/mol. The van der Waals surface area contributed by atoms with Gasteiger partial charge in [0.05, 0.1) is 17.2 Å². The first-order valence-electron chi connectivity index (χ1n) is 5.31. The van der Waals surface area contributed by atoms with Crippen LogP contribution in [-0.2, 0) is 6.42 Å². The van der Waals surface area contributed by atoms with Gasteiger partial charge in [0.2, 0.25) is 0 Å². The Morgan fingerprint density at radius 1 is 1.41 bits per heavy atom. The fraction of sp³-hybridized carbons (Fsp3) is 0.250. The van der Waals surface area contributed by atoms with Crippen molar-refractivity contribution in [3.05, 3.63) is 49.5 Å². The van der Waals surface area contributed by atoms with Gasteiger partial charge < -0.3 is 0 Å². The number of nitrogens with zero attached hydrogens (tertiary/aromatic N) is 1. The number of benzene rings is 1. The Balaban J connectivity index is 2.16. The zero-order valence-electron chi connectivity index (χ0n) is 9.48. The van der Waals surface area contributed by atoms with Gasteiger partial charge in [-0.2, -0.15) is 0 Å². The lowest BCUT2D eigenvalue weighted by Gasteiger charge is -2.15. The van der Waals surface area contributed by atoms with Crippen molar-refractivity contribution >= 4 is 33.9 Å². The largest absolute Gasteiger partial charge is 0.271 e. The van der Waals surface area contributed by atoms with Crippen LogP contribution in [0.3, 0.4) is 0 Å². The van der Waals surface area contributed by atoms with Gasteiger partial charge in [-0.3, -0.25) is 11.3 Å². The number of rotatable bonds is 4. The molecule has 0 aliphatic heterocycles. The number of nitrogens with two attached hydrogens (primary N) is 1. The minimum atomic E-state index is 0.141. The third-order valence-electron chi connectivity index (χ3n) is 2.65. The number of halogens is 1. The fourth-order valence-corrected chi connectivity index (χ4v) is 2.95. The van der Waals surface area contributed by atoms with E-state index in [0.29, 0.717) is 0 Å². The first-order valence-corrected chi connectivity index (χ1v) is 7.27. The second-order valence-corrected chi connectivity index (χ2v) is 5.98. The monoisotopic (exact) mass is 359 g/mol. The van der Waals surface area contributed by atoms with Crippen molar-refractivity contribution in [3.63, 3.8) is 0 Å². The van der Waals surface area contributed by atoms with Gasteiger partial charge in [-0.15, -0.1) is 11.3 Å². The van der Waals surface area contributed by atoms with Gasteiger partial charge in [-0.25, -0.2) is 4.98 Å². The lowest BCUT2D eigenvalue weighted by molar-refractivity contribution is 0.557. The zero-order chi connectivity index (χ0) is 12.3. The van der Waals surface area contributed by atoms with Crippen LogP contribution in [0.25, 0.3) is 0 Å². The summed E-state index contributed by atoms with van der Waals surface area (Å²) in [5.41, 5.74) is 7.08. The van der Waals surface area contributed by atoms with Crippen LogP contribution < -0.4 is 11.3 Å². The number of hydrogen-bond donors (Lipinski definition) is 2. The smallest absolute Gasteiger partial charge is 0.0798 e. The summed E-state index contributed by atoms with van der Waals surface area (Å²) in [6.45, 7) is 2.02.